The van der Waals surface area contributed by atoms with Crippen molar-refractivity contribution in [2.45, 2.75) is 5.54 Å². The van der Waals surface area contributed by atoms with Gasteiger partial charge in [-0.05, 0) is 35.9 Å². The summed E-state index contributed by atoms with van der Waals surface area (Å²) in [6, 6.07) is 11.7. The third kappa shape index (κ3) is 4.29. The minimum absolute atomic E-state index is 0.177. The van der Waals surface area contributed by atoms with Crippen LogP contribution in [0.2, 0.25) is 5.02 Å². The molecule has 11 heteroatoms. The van der Waals surface area contributed by atoms with Crippen molar-refractivity contribution in [1.82, 2.24) is 14.6 Å². The molecule has 0 atom stereocenters. The minimum Gasteiger partial charge on any atom is -0.497 e. The number of nitrogens with one attached hydrogen (secondary N) is 2. The molecule has 1 aliphatic rings. The summed E-state index contributed by atoms with van der Waals surface area (Å²) in [4.78, 5) is 25.4. The quantitative estimate of drug-likeness (QED) is 0.546. The first kappa shape index (κ1) is 23.1. The van der Waals surface area contributed by atoms with Crippen LogP contribution >= 0.6 is 11.6 Å². The fourth-order valence-corrected chi connectivity index (χ4v) is 4.64. The van der Waals surface area contributed by atoms with Gasteiger partial charge >= 0.3 is 0 Å². The summed E-state index contributed by atoms with van der Waals surface area (Å²) in [6.07, 6.45) is 0.906. The maximum absolute atomic E-state index is 13.3. The van der Waals surface area contributed by atoms with Crippen LogP contribution in [0.3, 0.4) is 0 Å². The molecule has 1 aromatic heterocycles. The lowest BCUT2D eigenvalue weighted by Gasteiger charge is -2.42. The number of benzene rings is 2. The highest BCUT2D eigenvalue weighted by molar-refractivity contribution is 7.89. The van der Waals surface area contributed by atoms with Gasteiger partial charge < -0.3 is 19.4 Å². The molecule has 1 saturated heterocycles. The number of sulfonamides is 1. The Kier molecular flexibility index (Phi) is 5.85. The summed E-state index contributed by atoms with van der Waals surface area (Å²) in [7, 11) is -0.357. The SMILES string of the molecule is COc1ccc2c(c1)c(Cl)c(C(=O)NC1(c3ccc(C(=O)NS(C)(=O)=O)cc3)COC1)n2C. The van der Waals surface area contributed by atoms with Gasteiger partial charge in [0.2, 0.25) is 10.0 Å². The summed E-state index contributed by atoms with van der Waals surface area (Å²) in [5, 5.41) is 4.03. The van der Waals surface area contributed by atoms with E-state index in [1.807, 2.05) is 10.8 Å². The fraction of sp³-hybridized carbons (Fsp3) is 0.273. The van der Waals surface area contributed by atoms with Gasteiger partial charge in [0.05, 0.1) is 37.1 Å². The molecule has 2 aromatic carbocycles. The van der Waals surface area contributed by atoms with E-state index in [2.05, 4.69) is 5.32 Å². The van der Waals surface area contributed by atoms with Crippen LogP contribution in [0, 0.1) is 0 Å². The lowest BCUT2D eigenvalue weighted by Crippen LogP contribution is -2.59. The first-order valence-corrected chi connectivity index (χ1v) is 12.2. The van der Waals surface area contributed by atoms with Crippen LogP contribution in [0.15, 0.2) is 42.5 Å². The number of halogens is 1. The maximum Gasteiger partial charge on any atom is 0.270 e. The number of hydrogen-bond donors (Lipinski definition) is 2. The Morgan fingerprint density at radius 3 is 2.33 bits per heavy atom. The lowest BCUT2D eigenvalue weighted by atomic mass is 9.87. The van der Waals surface area contributed by atoms with Gasteiger partial charge in [-0.25, -0.2) is 13.1 Å². The van der Waals surface area contributed by atoms with Gasteiger partial charge in [-0.1, -0.05) is 23.7 Å². The third-order valence-corrected chi connectivity index (χ3v) is 6.53. The molecule has 2 amide bonds. The molecule has 2 N–H and O–H groups in total. The van der Waals surface area contributed by atoms with Crippen LogP contribution in [0.5, 0.6) is 5.75 Å². The molecule has 9 nitrogen and oxygen atoms in total. The van der Waals surface area contributed by atoms with Crippen molar-refractivity contribution >= 4 is 44.3 Å². The van der Waals surface area contributed by atoms with Gasteiger partial charge in [-0.3, -0.25) is 9.59 Å². The van der Waals surface area contributed by atoms with Gasteiger partial charge in [-0.2, -0.15) is 0 Å². The van der Waals surface area contributed by atoms with Gasteiger partial charge in [0.1, 0.15) is 17.0 Å². The van der Waals surface area contributed by atoms with E-state index in [1.54, 1.807) is 43.0 Å². The van der Waals surface area contributed by atoms with E-state index < -0.39 is 21.5 Å². The Bertz CT molecular complexity index is 1360. The van der Waals surface area contributed by atoms with Crippen LogP contribution in [0.1, 0.15) is 26.4 Å². The maximum atomic E-state index is 13.3. The van der Waals surface area contributed by atoms with Gasteiger partial charge in [0, 0.05) is 18.0 Å². The molecule has 1 fully saturated rings. The Hall–Kier alpha value is -3.08. The number of nitrogens with zero attached hydrogens (tertiary/aromatic N) is 1. The molecule has 0 aliphatic carbocycles. The van der Waals surface area contributed by atoms with Crippen molar-refractivity contribution in [3.05, 3.63) is 64.3 Å². The van der Waals surface area contributed by atoms with E-state index >= 15 is 0 Å². The fourth-order valence-electron chi connectivity index (χ4n) is 3.82. The molecule has 0 saturated carbocycles. The zero-order chi connectivity index (χ0) is 24.0. The molecule has 0 bridgehead atoms. The first-order valence-electron chi connectivity index (χ1n) is 9.89. The normalized spacial score (nSPS) is 15.0. The number of hydrogen-bond acceptors (Lipinski definition) is 6. The Labute approximate surface area is 195 Å². The second-order valence-electron chi connectivity index (χ2n) is 7.91. The highest BCUT2D eigenvalue weighted by Gasteiger charge is 2.42. The number of carbonyl (C=O) groups is 2. The zero-order valence-electron chi connectivity index (χ0n) is 18.1. The van der Waals surface area contributed by atoms with Crippen LogP contribution in [-0.4, -0.2) is 51.4 Å². The highest BCUT2D eigenvalue weighted by Crippen LogP contribution is 2.35. The highest BCUT2D eigenvalue weighted by atomic mass is 35.5. The number of carbonyl (C=O) groups excluding carboxylic acids is 2. The predicted octanol–water partition coefficient (Wildman–Crippen LogP) is 2.19. The van der Waals surface area contributed by atoms with E-state index in [0.717, 1.165) is 17.3 Å². The predicted molar refractivity (Wildman–Crippen MR) is 123 cm³/mol. The number of methoxy groups -OCH3 is 1. The van der Waals surface area contributed by atoms with Crippen molar-refractivity contribution in [2.24, 2.45) is 7.05 Å². The largest absolute Gasteiger partial charge is 0.497 e. The molecular weight excluding hydrogens is 470 g/mol. The summed E-state index contributed by atoms with van der Waals surface area (Å²) >= 11 is 6.57. The van der Waals surface area contributed by atoms with Crippen molar-refractivity contribution in [3.63, 3.8) is 0 Å². The van der Waals surface area contributed by atoms with E-state index in [1.165, 1.54) is 12.1 Å². The van der Waals surface area contributed by atoms with E-state index in [9.17, 15) is 18.0 Å². The zero-order valence-corrected chi connectivity index (χ0v) is 19.7. The second-order valence-corrected chi connectivity index (χ2v) is 10.0. The van der Waals surface area contributed by atoms with Gasteiger partial charge in [0.25, 0.3) is 11.8 Å². The molecule has 0 radical (unpaired) electrons. The van der Waals surface area contributed by atoms with E-state index in [-0.39, 0.29) is 24.7 Å². The van der Waals surface area contributed by atoms with Crippen LogP contribution in [-0.2, 0) is 27.3 Å². The summed E-state index contributed by atoms with van der Waals surface area (Å²) in [6.45, 7) is 0.478. The summed E-state index contributed by atoms with van der Waals surface area (Å²) in [5.41, 5.74) is 1.17. The smallest absolute Gasteiger partial charge is 0.270 e. The Morgan fingerprint density at radius 2 is 1.79 bits per heavy atom. The number of aryl methyl sites for hydroxylation is 1. The lowest BCUT2D eigenvalue weighted by molar-refractivity contribution is -0.0734. The second kappa shape index (κ2) is 8.36. The third-order valence-electron chi connectivity index (χ3n) is 5.59. The number of aromatic nitrogens is 1. The molecule has 174 valence electrons. The van der Waals surface area contributed by atoms with E-state index in [0.29, 0.717) is 21.9 Å². The Morgan fingerprint density at radius 1 is 1.12 bits per heavy atom. The van der Waals surface area contributed by atoms with Crippen LogP contribution < -0.4 is 14.8 Å². The average molecular weight is 492 g/mol. The summed E-state index contributed by atoms with van der Waals surface area (Å²) in [5.74, 6) is -0.476. The van der Waals surface area contributed by atoms with Crippen molar-refractivity contribution in [3.8, 4) is 5.75 Å². The molecule has 0 spiro atoms. The van der Waals surface area contributed by atoms with Crippen molar-refractivity contribution < 1.29 is 27.5 Å². The molecule has 4 rings (SSSR count). The molecule has 0 unspecified atom stereocenters. The first-order chi connectivity index (χ1) is 15.5. The number of rotatable bonds is 6. The number of fused-ring (bicyclic) bond motifs is 1. The molecule has 2 heterocycles. The number of ether oxygens (including phenoxy) is 2. The standard InChI is InChI=1S/C22H22ClN3O6S/c1-26-17-9-8-15(31-2)10-16(17)18(23)19(26)21(28)24-22(11-32-12-22)14-6-4-13(5-7-14)20(27)25-33(3,29)30/h4-10H,11-12H2,1-3H3,(H,24,28)(H,25,27). The monoisotopic (exact) mass is 491 g/mol. The molecular formula is C22H22ClN3O6S. The molecule has 3 aromatic rings. The van der Waals surface area contributed by atoms with E-state index in [4.69, 9.17) is 21.1 Å². The van der Waals surface area contributed by atoms with Crippen molar-refractivity contribution in [2.75, 3.05) is 26.6 Å². The van der Waals surface area contributed by atoms with Crippen LogP contribution in [0.25, 0.3) is 10.9 Å². The minimum atomic E-state index is -3.67. The average Bonchev–Trinajstić information content (AvgIpc) is 2.99. The summed E-state index contributed by atoms with van der Waals surface area (Å²) < 4.78 is 36.9. The van der Waals surface area contributed by atoms with Gasteiger partial charge in [-0.15, -0.1) is 0 Å². The van der Waals surface area contributed by atoms with Crippen molar-refractivity contribution in [1.29, 1.82) is 0 Å². The number of amides is 2. The molecule has 33 heavy (non-hydrogen) atoms. The topological polar surface area (TPSA) is 116 Å². The molecule has 1 aliphatic heterocycles. The van der Waals surface area contributed by atoms with Crippen LogP contribution in [0.4, 0.5) is 0 Å². The van der Waals surface area contributed by atoms with Gasteiger partial charge in [0.15, 0.2) is 0 Å². The Balaban J connectivity index is 1.61.